The summed E-state index contributed by atoms with van der Waals surface area (Å²) < 4.78 is 5.71. The number of aliphatic hydroxyl groups is 1. The van der Waals surface area contributed by atoms with Crippen LogP contribution in [0.2, 0.25) is 0 Å². The van der Waals surface area contributed by atoms with Crippen molar-refractivity contribution in [3.63, 3.8) is 0 Å². The molecule has 1 saturated carbocycles. The van der Waals surface area contributed by atoms with Gasteiger partial charge >= 0.3 is 0 Å². The lowest BCUT2D eigenvalue weighted by molar-refractivity contribution is -0.139. The summed E-state index contributed by atoms with van der Waals surface area (Å²) in [5.41, 5.74) is 3.63. The highest BCUT2D eigenvalue weighted by Crippen LogP contribution is 2.34. The van der Waals surface area contributed by atoms with Gasteiger partial charge < -0.3 is 9.84 Å². The van der Waals surface area contributed by atoms with Crippen LogP contribution < -0.4 is 0 Å². The Kier molecular flexibility index (Phi) is 11.9. The molecule has 5 nitrogen and oxygen atoms in total. The van der Waals surface area contributed by atoms with E-state index in [4.69, 9.17) is 4.74 Å². The summed E-state index contributed by atoms with van der Waals surface area (Å²) in [6.07, 6.45) is 11.1. The third kappa shape index (κ3) is 8.37. The van der Waals surface area contributed by atoms with Gasteiger partial charge in [-0.25, -0.2) is 0 Å². The van der Waals surface area contributed by atoms with Crippen molar-refractivity contribution in [1.82, 2.24) is 0 Å². The molecule has 2 fully saturated rings. The molecule has 2 aliphatic rings. The molecule has 4 rings (SSSR count). The number of aryl methyl sites for hydroxylation is 1. The zero-order chi connectivity index (χ0) is 29.9. The van der Waals surface area contributed by atoms with Gasteiger partial charge in [0.2, 0.25) is 0 Å². The third-order valence-corrected chi connectivity index (χ3v) is 8.59. The number of rotatable bonds is 14. The second-order valence-electron chi connectivity index (χ2n) is 11.6. The number of benzene rings is 2. The van der Waals surface area contributed by atoms with Gasteiger partial charge in [0.25, 0.3) is 0 Å². The van der Waals surface area contributed by atoms with E-state index >= 15 is 0 Å². The first kappa shape index (κ1) is 31.6. The number of allylic oxidation sites excluding steroid dienone is 2. The Morgan fingerprint density at radius 3 is 2.19 bits per heavy atom. The fourth-order valence-electron chi connectivity index (χ4n) is 5.78. The van der Waals surface area contributed by atoms with Crippen molar-refractivity contribution in [2.75, 3.05) is 6.61 Å². The lowest BCUT2D eigenvalue weighted by Gasteiger charge is -2.33. The second-order valence-corrected chi connectivity index (χ2v) is 11.6. The Morgan fingerprint density at radius 1 is 0.952 bits per heavy atom. The maximum absolute atomic E-state index is 13.5. The number of ketones is 3. The molecule has 1 heterocycles. The minimum absolute atomic E-state index is 0.200. The van der Waals surface area contributed by atoms with Crippen LogP contribution in [0.3, 0.4) is 0 Å². The number of unbranched alkanes of at least 4 members (excludes halogenated alkanes) is 2. The van der Waals surface area contributed by atoms with E-state index < -0.39 is 17.9 Å². The number of Topliss-reactive ketones (excluding diaryl/α,β-unsaturated/α-hetero) is 3. The topological polar surface area (TPSA) is 80.7 Å². The molecule has 42 heavy (non-hydrogen) atoms. The number of carbonyl (C=O) groups is 3. The fraction of sp³-hybridized carbons (Fsp3) is 0.486. The van der Waals surface area contributed by atoms with Crippen LogP contribution in [0.25, 0.3) is 0 Å². The molecule has 1 saturated heterocycles. The number of aliphatic hydroxyl groups excluding tert-OH is 1. The first-order valence-corrected chi connectivity index (χ1v) is 15.7. The Balaban J connectivity index is 1.37. The SMILES string of the molecule is C/C=C(/C(=O)c1ccc(C#Cc2ccc(CCCCC3CCCO3)cc2)cc1)C(C(=O)CCCC)C(=O)C1CCC1O. The molecule has 0 aromatic heterocycles. The van der Waals surface area contributed by atoms with Gasteiger partial charge in [-0.2, -0.15) is 0 Å². The van der Waals surface area contributed by atoms with Gasteiger partial charge in [0.1, 0.15) is 11.7 Å². The van der Waals surface area contributed by atoms with Crippen molar-refractivity contribution in [3.8, 4) is 11.8 Å². The minimum atomic E-state index is -1.13. The van der Waals surface area contributed by atoms with Crippen molar-refractivity contribution in [2.45, 2.75) is 96.7 Å². The molecular weight excluding hydrogens is 524 g/mol. The van der Waals surface area contributed by atoms with Crippen molar-refractivity contribution in [2.24, 2.45) is 11.8 Å². The van der Waals surface area contributed by atoms with Crippen molar-refractivity contribution in [1.29, 1.82) is 0 Å². The van der Waals surface area contributed by atoms with Crippen LogP contribution in [-0.2, 0) is 20.7 Å². The quantitative estimate of drug-likeness (QED) is 0.0889. The van der Waals surface area contributed by atoms with Gasteiger partial charge in [-0.05, 0) is 100 Å². The minimum Gasteiger partial charge on any atom is -0.392 e. The smallest absolute Gasteiger partial charge is 0.189 e. The maximum Gasteiger partial charge on any atom is 0.189 e. The normalized spacial score (nSPS) is 20.7. The molecule has 4 unspecified atom stereocenters. The van der Waals surface area contributed by atoms with Crippen LogP contribution in [0.1, 0.15) is 105 Å². The molecule has 1 aliphatic heterocycles. The lowest BCUT2D eigenvalue weighted by atomic mass is 9.71. The van der Waals surface area contributed by atoms with Crippen LogP contribution >= 0.6 is 0 Å². The van der Waals surface area contributed by atoms with Gasteiger partial charge in [-0.1, -0.05) is 49.8 Å². The molecule has 4 atom stereocenters. The highest BCUT2D eigenvalue weighted by molar-refractivity contribution is 6.19. The number of carbonyl (C=O) groups excluding carboxylic acids is 3. The molecule has 0 spiro atoms. The lowest BCUT2D eigenvalue weighted by Crippen LogP contribution is -2.44. The molecule has 0 radical (unpaired) electrons. The van der Waals surface area contributed by atoms with E-state index in [-0.39, 0.29) is 29.3 Å². The molecule has 0 amide bonds. The van der Waals surface area contributed by atoms with Gasteiger partial charge in [0.15, 0.2) is 11.6 Å². The first-order chi connectivity index (χ1) is 20.4. The van der Waals surface area contributed by atoms with Gasteiger partial charge in [0.05, 0.1) is 12.2 Å². The van der Waals surface area contributed by atoms with Gasteiger partial charge in [-0.15, -0.1) is 0 Å². The Morgan fingerprint density at radius 2 is 1.64 bits per heavy atom. The molecule has 1 aliphatic carbocycles. The van der Waals surface area contributed by atoms with E-state index in [1.165, 1.54) is 24.8 Å². The van der Waals surface area contributed by atoms with Crippen LogP contribution in [0, 0.1) is 23.7 Å². The number of ether oxygens (including phenoxy) is 1. The number of hydrogen-bond acceptors (Lipinski definition) is 5. The van der Waals surface area contributed by atoms with E-state index in [2.05, 4.69) is 24.0 Å². The molecule has 1 N–H and O–H groups in total. The first-order valence-electron chi connectivity index (χ1n) is 15.7. The molecule has 2 aromatic rings. The number of hydrogen-bond donors (Lipinski definition) is 1. The maximum atomic E-state index is 13.5. The Hall–Kier alpha value is -3.33. The predicted octanol–water partition coefficient (Wildman–Crippen LogP) is 6.82. The van der Waals surface area contributed by atoms with E-state index in [1.807, 2.05) is 19.1 Å². The van der Waals surface area contributed by atoms with E-state index in [9.17, 15) is 19.5 Å². The second kappa shape index (κ2) is 15.8. The predicted molar refractivity (Wildman–Crippen MR) is 165 cm³/mol. The Labute approximate surface area is 250 Å². The summed E-state index contributed by atoms with van der Waals surface area (Å²) in [7, 11) is 0. The van der Waals surface area contributed by atoms with E-state index in [1.54, 1.807) is 37.3 Å². The zero-order valence-electron chi connectivity index (χ0n) is 25.1. The zero-order valence-corrected chi connectivity index (χ0v) is 25.1. The average Bonchev–Trinajstić information content (AvgIpc) is 3.53. The van der Waals surface area contributed by atoms with Crippen molar-refractivity contribution < 1.29 is 24.2 Å². The van der Waals surface area contributed by atoms with Crippen molar-refractivity contribution >= 4 is 17.3 Å². The van der Waals surface area contributed by atoms with E-state index in [0.717, 1.165) is 43.4 Å². The summed E-state index contributed by atoms with van der Waals surface area (Å²) >= 11 is 0. The van der Waals surface area contributed by atoms with Crippen LogP contribution in [0.4, 0.5) is 0 Å². The molecular formula is C37H44O5. The van der Waals surface area contributed by atoms with Crippen LogP contribution in [-0.4, -0.2) is 41.3 Å². The molecule has 2 aromatic carbocycles. The summed E-state index contributed by atoms with van der Waals surface area (Å²) in [6.45, 7) is 4.59. The monoisotopic (exact) mass is 568 g/mol. The van der Waals surface area contributed by atoms with Crippen LogP contribution in [0.5, 0.6) is 0 Å². The average molecular weight is 569 g/mol. The highest BCUT2D eigenvalue weighted by Gasteiger charge is 2.43. The summed E-state index contributed by atoms with van der Waals surface area (Å²) in [4.78, 5) is 39.9. The van der Waals surface area contributed by atoms with Crippen LogP contribution in [0.15, 0.2) is 60.2 Å². The summed E-state index contributed by atoms with van der Waals surface area (Å²) in [5.74, 6) is 3.75. The largest absolute Gasteiger partial charge is 0.392 e. The third-order valence-electron chi connectivity index (χ3n) is 8.59. The van der Waals surface area contributed by atoms with E-state index in [0.29, 0.717) is 30.9 Å². The van der Waals surface area contributed by atoms with Gasteiger partial charge in [0, 0.05) is 41.2 Å². The van der Waals surface area contributed by atoms with Gasteiger partial charge in [-0.3, -0.25) is 14.4 Å². The summed E-state index contributed by atoms with van der Waals surface area (Å²) in [6, 6.07) is 15.4. The molecule has 5 heteroatoms. The molecule has 0 bridgehead atoms. The van der Waals surface area contributed by atoms with Crippen molar-refractivity contribution in [3.05, 3.63) is 82.4 Å². The highest BCUT2D eigenvalue weighted by atomic mass is 16.5. The Bertz CT molecular complexity index is 1300. The standard InChI is InChI=1S/C37H44O5/c1-3-5-12-34(39)35(37(41)32-23-24-33(32)38)31(4-2)36(40)29-21-19-28(20-22-29)18-17-27-15-13-26(14-16-27)9-6-7-10-30-11-8-25-42-30/h4,13-16,19-22,30,32-33,35,38H,3,5-12,23-25H2,1-2H3/b31-4+. The fourth-order valence-corrected chi connectivity index (χ4v) is 5.78. The summed E-state index contributed by atoms with van der Waals surface area (Å²) in [5, 5.41) is 10.1. The molecule has 222 valence electrons.